The molecule has 0 spiro atoms. The molecule has 3 heteroatoms. The Morgan fingerprint density at radius 1 is 1.00 bits per heavy atom. The van der Waals surface area contributed by atoms with E-state index in [2.05, 4.69) is 22.9 Å². The second kappa shape index (κ2) is 9.63. The number of halogens is 2. The van der Waals surface area contributed by atoms with Crippen LogP contribution < -0.4 is 4.90 Å². The second-order valence-corrected chi connectivity index (χ2v) is 6.95. The molecule has 0 atom stereocenters. The predicted molar refractivity (Wildman–Crippen MR) is 106 cm³/mol. The van der Waals surface area contributed by atoms with Gasteiger partial charge in [-0.2, -0.15) is 0 Å². The molecule has 0 aromatic heterocycles. The Kier molecular flexibility index (Phi) is 7.51. The van der Waals surface area contributed by atoms with Crippen LogP contribution in [0.5, 0.6) is 0 Å². The first-order valence-electron chi connectivity index (χ1n) is 8.51. The quantitative estimate of drug-likeness (QED) is 0.446. The highest BCUT2D eigenvalue weighted by Crippen LogP contribution is 2.27. The van der Waals surface area contributed by atoms with Crippen LogP contribution in [-0.2, 0) is 0 Å². The van der Waals surface area contributed by atoms with Crippen LogP contribution in [0.2, 0.25) is 0 Å². The molecule has 0 aliphatic rings. The first kappa shape index (κ1) is 18.7. The van der Waals surface area contributed by atoms with Gasteiger partial charge in [-0.05, 0) is 48.2 Å². The van der Waals surface area contributed by atoms with Crippen molar-refractivity contribution in [3.63, 3.8) is 0 Å². The van der Waals surface area contributed by atoms with Gasteiger partial charge in [0.1, 0.15) is 5.83 Å². The van der Waals surface area contributed by atoms with E-state index >= 15 is 4.39 Å². The van der Waals surface area contributed by atoms with E-state index in [1.165, 1.54) is 0 Å². The summed E-state index contributed by atoms with van der Waals surface area (Å²) in [6.45, 7) is 2.46. The Bertz CT molecular complexity index is 649. The number of allylic oxidation sites excluding steroid dienone is 1. The molecule has 0 saturated carbocycles. The van der Waals surface area contributed by atoms with Crippen LogP contribution in [0.25, 0.3) is 5.57 Å². The lowest BCUT2D eigenvalue weighted by Crippen LogP contribution is -2.19. The summed E-state index contributed by atoms with van der Waals surface area (Å²) in [5.74, 6) is -0.0391. The van der Waals surface area contributed by atoms with Crippen LogP contribution in [-0.4, -0.2) is 13.6 Å². The molecule has 0 fully saturated rings. The highest BCUT2D eigenvalue weighted by atomic mass is 79.9. The van der Waals surface area contributed by atoms with E-state index in [1.54, 1.807) is 0 Å². The lowest BCUT2D eigenvalue weighted by Gasteiger charge is -2.20. The molecule has 2 aromatic rings. The van der Waals surface area contributed by atoms with Crippen LogP contribution in [0.1, 0.15) is 38.2 Å². The molecule has 0 aliphatic carbocycles. The minimum Gasteiger partial charge on any atom is -0.368 e. The first-order chi connectivity index (χ1) is 11.6. The van der Waals surface area contributed by atoms with Crippen molar-refractivity contribution >= 4 is 27.2 Å². The van der Waals surface area contributed by atoms with E-state index < -0.39 is 0 Å². The van der Waals surface area contributed by atoms with Crippen LogP contribution in [0.4, 0.5) is 10.1 Å². The summed E-state index contributed by atoms with van der Waals surface area (Å²) in [4.78, 5) is 1.95. The molecule has 0 bridgehead atoms. The van der Waals surface area contributed by atoms with Gasteiger partial charge < -0.3 is 4.90 Å². The maximum absolute atomic E-state index is 15.0. The smallest absolute Gasteiger partial charge is 0.123 e. The fourth-order valence-corrected chi connectivity index (χ4v) is 2.98. The Hall–Kier alpha value is -1.61. The molecular weight excluding hydrogens is 365 g/mol. The monoisotopic (exact) mass is 389 g/mol. The number of anilines is 1. The number of rotatable bonds is 8. The third-order valence-electron chi connectivity index (χ3n) is 4.12. The summed E-state index contributed by atoms with van der Waals surface area (Å²) in [6, 6.07) is 17.9. The third-order valence-corrected chi connectivity index (χ3v) is 4.65. The van der Waals surface area contributed by atoms with E-state index in [9.17, 15) is 0 Å². The highest BCUT2D eigenvalue weighted by Gasteiger charge is 2.12. The lowest BCUT2D eigenvalue weighted by atomic mass is 9.98. The highest BCUT2D eigenvalue weighted by molar-refractivity contribution is 9.10. The minimum atomic E-state index is -0.0391. The maximum Gasteiger partial charge on any atom is 0.123 e. The van der Waals surface area contributed by atoms with Crippen molar-refractivity contribution in [2.75, 3.05) is 18.5 Å². The predicted octanol–water partition coefficient (Wildman–Crippen LogP) is 6.85. The molecule has 0 N–H and O–H groups in total. The van der Waals surface area contributed by atoms with Gasteiger partial charge in [-0.3, -0.25) is 0 Å². The van der Waals surface area contributed by atoms with E-state index in [1.807, 2.05) is 66.5 Å². The van der Waals surface area contributed by atoms with Crippen molar-refractivity contribution in [3.05, 3.63) is 70.5 Å². The van der Waals surface area contributed by atoms with Crippen LogP contribution in [0, 0.1) is 0 Å². The summed E-state index contributed by atoms with van der Waals surface area (Å²) in [5.41, 5.74) is 2.85. The van der Waals surface area contributed by atoms with Crippen molar-refractivity contribution in [2.45, 2.75) is 32.6 Å². The molecule has 1 nitrogen and oxygen atoms in total. The average molecular weight is 390 g/mol. The van der Waals surface area contributed by atoms with Gasteiger partial charge in [-0.15, -0.1) is 0 Å². The van der Waals surface area contributed by atoms with Crippen LogP contribution in [0.3, 0.4) is 0 Å². The number of hydrogen-bond donors (Lipinski definition) is 0. The van der Waals surface area contributed by atoms with Gasteiger partial charge in [0, 0.05) is 17.2 Å². The average Bonchev–Trinajstić information content (AvgIpc) is 2.60. The van der Waals surface area contributed by atoms with E-state index in [4.69, 9.17) is 0 Å². The molecule has 128 valence electrons. The molecule has 0 unspecified atom stereocenters. The van der Waals surface area contributed by atoms with Gasteiger partial charge in [0.15, 0.2) is 0 Å². The zero-order chi connectivity index (χ0) is 17.4. The summed E-state index contributed by atoms with van der Waals surface area (Å²) < 4.78 is 16.1. The van der Waals surface area contributed by atoms with E-state index in [-0.39, 0.29) is 12.4 Å². The van der Waals surface area contributed by atoms with Gasteiger partial charge in [-0.25, -0.2) is 4.39 Å². The Labute approximate surface area is 153 Å². The van der Waals surface area contributed by atoms with Crippen molar-refractivity contribution in [1.29, 1.82) is 0 Å². The molecule has 0 radical (unpaired) electrons. The van der Waals surface area contributed by atoms with Gasteiger partial charge >= 0.3 is 0 Å². The maximum atomic E-state index is 15.0. The molecule has 0 saturated heterocycles. The van der Waals surface area contributed by atoms with Crippen molar-refractivity contribution in [2.24, 2.45) is 0 Å². The van der Waals surface area contributed by atoms with E-state index in [0.29, 0.717) is 0 Å². The van der Waals surface area contributed by atoms with Crippen LogP contribution >= 0.6 is 15.9 Å². The molecule has 0 amide bonds. The SMILES string of the molecule is CCCCC/C(=C(\F)CN(C)c1ccc(Br)cc1)c1ccccc1. The fraction of sp³-hybridized carbons (Fsp3) is 0.333. The minimum absolute atomic E-state index is 0.0391. The number of hydrogen-bond acceptors (Lipinski definition) is 1. The van der Waals surface area contributed by atoms with Crippen molar-refractivity contribution in [3.8, 4) is 0 Å². The number of likely N-dealkylation sites (N-methyl/N-ethyl adjacent to an activating group) is 1. The number of unbranched alkanes of at least 4 members (excludes halogenated alkanes) is 2. The van der Waals surface area contributed by atoms with Gasteiger partial charge in [0.05, 0.1) is 6.54 Å². The number of benzene rings is 2. The fourth-order valence-electron chi connectivity index (χ4n) is 2.72. The molecule has 0 heterocycles. The van der Waals surface area contributed by atoms with Crippen LogP contribution in [0.15, 0.2) is 64.9 Å². The van der Waals surface area contributed by atoms with Gasteiger partial charge in [-0.1, -0.05) is 66.0 Å². The van der Waals surface area contributed by atoms with Gasteiger partial charge in [0.25, 0.3) is 0 Å². The summed E-state index contributed by atoms with van der Waals surface area (Å²) in [7, 11) is 1.93. The Morgan fingerprint density at radius 2 is 1.67 bits per heavy atom. The van der Waals surface area contributed by atoms with Crippen molar-refractivity contribution < 1.29 is 4.39 Å². The summed E-state index contributed by atoms with van der Waals surface area (Å²) in [5, 5.41) is 0. The second-order valence-electron chi connectivity index (χ2n) is 6.04. The summed E-state index contributed by atoms with van der Waals surface area (Å²) >= 11 is 3.43. The molecule has 2 aromatic carbocycles. The third kappa shape index (κ3) is 5.48. The van der Waals surface area contributed by atoms with E-state index in [0.717, 1.165) is 47.0 Å². The normalized spacial score (nSPS) is 12.0. The zero-order valence-corrected chi connectivity index (χ0v) is 16.0. The standard InChI is InChI=1S/C21H25BrFN/c1-3-4-6-11-20(17-9-7-5-8-10-17)21(23)16-24(2)19-14-12-18(22)13-15-19/h5,7-10,12-15H,3-4,6,11,16H2,1-2H3/b21-20+. The zero-order valence-electron chi connectivity index (χ0n) is 14.4. The first-order valence-corrected chi connectivity index (χ1v) is 9.30. The Balaban J connectivity index is 2.19. The molecule has 24 heavy (non-hydrogen) atoms. The largest absolute Gasteiger partial charge is 0.368 e. The molecular formula is C21H25BrFN. The Morgan fingerprint density at radius 3 is 2.29 bits per heavy atom. The van der Waals surface area contributed by atoms with Crippen molar-refractivity contribution in [1.82, 2.24) is 0 Å². The lowest BCUT2D eigenvalue weighted by molar-refractivity contribution is 0.605. The topological polar surface area (TPSA) is 3.24 Å². The summed E-state index contributed by atoms with van der Waals surface area (Å²) in [6.07, 6.45) is 4.09. The van der Waals surface area contributed by atoms with Gasteiger partial charge in [0.2, 0.25) is 0 Å². The molecule has 2 rings (SSSR count). The number of nitrogens with zero attached hydrogens (tertiary/aromatic N) is 1. The molecule has 0 aliphatic heterocycles.